The Kier molecular flexibility index (Phi) is 7.93. The SMILES string of the molecule is COCCN(CCOC)S(=O)(=O)NC1CNCCC1C. The van der Waals surface area contributed by atoms with Gasteiger partial charge in [-0.25, -0.2) is 0 Å². The molecule has 1 rings (SSSR count). The molecule has 1 fully saturated rings. The number of ether oxygens (including phenoxy) is 2. The second-order valence-corrected chi connectivity index (χ2v) is 6.79. The molecule has 0 aromatic carbocycles. The lowest BCUT2D eigenvalue weighted by Gasteiger charge is -2.32. The van der Waals surface area contributed by atoms with Gasteiger partial charge >= 0.3 is 0 Å². The van der Waals surface area contributed by atoms with E-state index in [2.05, 4.69) is 17.0 Å². The molecule has 2 atom stereocenters. The van der Waals surface area contributed by atoms with Crippen LogP contribution in [0.5, 0.6) is 0 Å². The predicted molar refractivity (Wildman–Crippen MR) is 77.8 cm³/mol. The summed E-state index contributed by atoms with van der Waals surface area (Å²) < 4.78 is 39.0. The predicted octanol–water partition coefficient (Wildman–Crippen LogP) is -0.586. The first-order chi connectivity index (χ1) is 9.51. The third-order valence-electron chi connectivity index (χ3n) is 3.56. The third kappa shape index (κ3) is 5.63. The van der Waals surface area contributed by atoms with Crippen LogP contribution in [0.1, 0.15) is 13.3 Å². The molecule has 120 valence electrons. The van der Waals surface area contributed by atoms with Crippen molar-refractivity contribution in [2.24, 2.45) is 5.92 Å². The topological polar surface area (TPSA) is 79.9 Å². The zero-order valence-corrected chi connectivity index (χ0v) is 13.4. The average molecular weight is 309 g/mol. The maximum absolute atomic E-state index is 12.4. The van der Waals surface area contributed by atoms with Crippen molar-refractivity contribution in [3.05, 3.63) is 0 Å². The number of methoxy groups -OCH3 is 2. The maximum Gasteiger partial charge on any atom is 0.279 e. The summed E-state index contributed by atoms with van der Waals surface area (Å²) >= 11 is 0. The molecule has 0 aromatic heterocycles. The van der Waals surface area contributed by atoms with E-state index in [9.17, 15) is 8.42 Å². The Bertz CT molecular complexity index is 356. The van der Waals surface area contributed by atoms with E-state index in [0.29, 0.717) is 38.8 Å². The molecule has 20 heavy (non-hydrogen) atoms. The van der Waals surface area contributed by atoms with Crippen LogP contribution in [-0.2, 0) is 19.7 Å². The van der Waals surface area contributed by atoms with Crippen molar-refractivity contribution in [3.63, 3.8) is 0 Å². The maximum atomic E-state index is 12.4. The van der Waals surface area contributed by atoms with E-state index in [0.717, 1.165) is 13.0 Å². The van der Waals surface area contributed by atoms with E-state index in [1.165, 1.54) is 4.31 Å². The highest BCUT2D eigenvalue weighted by Gasteiger charge is 2.29. The quantitative estimate of drug-likeness (QED) is 0.595. The number of piperidine rings is 1. The van der Waals surface area contributed by atoms with Gasteiger partial charge in [0.15, 0.2) is 0 Å². The lowest BCUT2D eigenvalue weighted by atomic mass is 9.96. The third-order valence-corrected chi connectivity index (χ3v) is 5.20. The van der Waals surface area contributed by atoms with Gasteiger partial charge in [0, 0.05) is 39.9 Å². The summed E-state index contributed by atoms with van der Waals surface area (Å²) in [6, 6.07) is -0.0682. The van der Waals surface area contributed by atoms with Gasteiger partial charge in [0.05, 0.1) is 13.2 Å². The number of hydrogen-bond acceptors (Lipinski definition) is 5. The van der Waals surface area contributed by atoms with Gasteiger partial charge in [0.1, 0.15) is 0 Å². The van der Waals surface area contributed by atoms with Crippen LogP contribution in [0.3, 0.4) is 0 Å². The molecule has 0 aromatic rings. The zero-order chi connectivity index (χ0) is 15.0. The van der Waals surface area contributed by atoms with Gasteiger partial charge in [-0.2, -0.15) is 17.4 Å². The fourth-order valence-corrected chi connectivity index (χ4v) is 3.63. The molecule has 2 unspecified atom stereocenters. The molecular weight excluding hydrogens is 282 g/mol. The van der Waals surface area contributed by atoms with E-state index in [1.807, 2.05) is 0 Å². The van der Waals surface area contributed by atoms with Crippen LogP contribution < -0.4 is 10.0 Å². The van der Waals surface area contributed by atoms with E-state index in [-0.39, 0.29) is 6.04 Å². The summed E-state index contributed by atoms with van der Waals surface area (Å²) in [5.41, 5.74) is 0. The Morgan fingerprint density at radius 2 is 1.85 bits per heavy atom. The number of nitrogens with zero attached hydrogens (tertiary/aromatic N) is 1. The van der Waals surface area contributed by atoms with Crippen LogP contribution in [0.15, 0.2) is 0 Å². The molecule has 2 N–H and O–H groups in total. The van der Waals surface area contributed by atoms with Crippen molar-refractivity contribution in [2.75, 3.05) is 53.6 Å². The first-order valence-electron chi connectivity index (χ1n) is 6.97. The molecule has 0 amide bonds. The summed E-state index contributed by atoms with van der Waals surface area (Å²) in [5.74, 6) is 0.331. The summed E-state index contributed by atoms with van der Waals surface area (Å²) in [4.78, 5) is 0. The molecule has 0 radical (unpaired) electrons. The van der Waals surface area contributed by atoms with Crippen molar-refractivity contribution in [2.45, 2.75) is 19.4 Å². The van der Waals surface area contributed by atoms with Crippen LogP contribution in [0.25, 0.3) is 0 Å². The lowest BCUT2D eigenvalue weighted by molar-refractivity contribution is 0.149. The fraction of sp³-hybridized carbons (Fsp3) is 1.00. The fourth-order valence-electron chi connectivity index (χ4n) is 2.15. The van der Waals surface area contributed by atoms with E-state index < -0.39 is 10.2 Å². The molecule has 1 aliphatic heterocycles. The Morgan fingerprint density at radius 1 is 1.25 bits per heavy atom. The normalized spacial score (nSPS) is 24.2. The van der Waals surface area contributed by atoms with Crippen LogP contribution in [0, 0.1) is 5.92 Å². The second-order valence-electron chi connectivity index (χ2n) is 5.08. The molecular formula is C12H27N3O4S. The molecule has 1 saturated heterocycles. The van der Waals surface area contributed by atoms with Crippen molar-refractivity contribution in [1.29, 1.82) is 0 Å². The molecule has 1 heterocycles. The minimum Gasteiger partial charge on any atom is -0.383 e. The van der Waals surface area contributed by atoms with Gasteiger partial charge in [-0.1, -0.05) is 6.92 Å². The van der Waals surface area contributed by atoms with Crippen molar-refractivity contribution < 1.29 is 17.9 Å². The van der Waals surface area contributed by atoms with Gasteiger partial charge in [-0.15, -0.1) is 0 Å². The Labute approximate surface area is 122 Å². The van der Waals surface area contributed by atoms with Gasteiger partial charge < -0.3 is 14.8 Å². The van der Waals surface area contributed by atoms with Crippen molar-refractivity contribution in [1.82, 2.24) is 14.3 Å². The monoisotopic (exact) mass is 309 g/mol. The summed E-state index contributed by atoms with van der Waals surface area (Å²) in [5, 5.41) is 3.22. The highest BCUT2D eigenvalue weighted by atomic mass is 32.2. The summed E-state index contributed by atoms with van der Waals surface area (Å²) in [7, 11) is -0.402. The first kappa shape index (κ1) is 17.8. The number of rotatable bonds is 9. The van der Waals surface area contributed by atoms with Gasteiger partial charge in [-0.3, -0.25) is 0 Å². The Balaban J connectivity index is 2.64. The molecule has 0 aliphatic carbocycles. The average Bonchev–Trinajstić information content (AvgIpc) is 2.41. The van der Waals surface area contributed by atoms with E-state index in [4.69, 9.17) is 9.47 Å². The lowest BCUT2D eigenvalue weighted by Crippen LogP contribution is -2.54. The van der Waals surface area contributed by atoms with Crippen LogP contribution in [0.4, 0.5) is 0 Å². The minimum atomic E-state index is -3.52. The molecule has 8 heteroatoms. The first-order valence-corrected chi connectivity index (χ1v) is 8.41. The summed E-state index contributed by atoms with van der Waals surface area (Å²) in [6.07, 6.45) is 0.976. The van der Waals surface area contributed by atoms with E-state index in [1.54, 1.807) is 14.2 Å². The molecule has 0 saturated carbocycles. The number of hydrogen-bond donors (Lipinski definition) is 2. The molecule has 7 nitrogen and oxygen atoms in total. The molecule has 1 aliphatic rings. The van der Waals surface area contributed by atoms with Crippen LogP contribution in [-0.4, -0.2) is 72.4 Å². The van der Waals surface area contributed by atoms with Gasteiger partial charge in [0.25, 0.3) is 10.2 Å². The van der Waals surface area contributed by atoms with Gasteiger partial charge in [-0.05, 0) is 18.9 Å². The summed E-state index contributed by atoms with van der Waals surface area (Å²) in [6.45, 7) is 5.06. The highest BCUT2D eigenvalue weighted by molar-refractivity contribution is 7.87. The van der Waals surface area contributed by atoms with Crippen LogP contribution >= 0.6 is 0 Å². The zero-order valence-electron chi connectivity index (χ0n) is 12.6. The Hall–Kier alpha value is -0.250. The molecule has 0 spiro atoms. The van der Waals surface area contributed by atoms with Crippen LogP contribution in [0.2, 0.25) is 0 Å². The highest BCUT2D eigenvalue weighted by Crippen LogP contribution is 2.13. The largest absolute Gasteiger partial charge is 0.383 e. The van der Waals surface area contributed by atoms with Crippen molar-refractivity contribution in [3.8, 4) is 0 Å². The standard InChI is InChI=1S/C12H27N3O4S/c1-11-4-5-13-10-12(11)14-20(16,17)15(6-8-18-2)7-9-19-3/h11-14H,4-10H2,1-3H3. The molecule has 0 bridgehead atoms. The van der Waals surface area contributed by atoms with Gasteiger partial charge in [0.2, 0.25) is 0 Å². The Morgan fingerprint density at radius 3 is 2.35 bits per heavy atom. The number of nitrogens with one attached hydrogen (secondary N) is 2. The van der Waals surface area contributed by atoms with E-state index >= 15 is 0 Å². The minimum absolute atomic E-state index is 0.0682. The smallest absolute Gasteiger partial charge is 0.279 e. The van der Waals surface area contributed by atoms with Crippen molar-refractivity contribution >= 4 is 10.2 Å². The second kappa shape index (κ2) is 8.91.